The first-order chi connectivity index (χ1) is 25.8. The molecule has 0 rings (SSSR count). The maximum Gasteiger partial charge on any atom is 1.00 e. The molecule has 0 saturated heterocycles. The van der Waals surface area contributed by atoms with E-state index in [0.29, 0.717) is 116 Å². The highest BCUT2D eigenvalue weighted by molar-refractivity contribution is 14.0. The van der Waals surface area contributed by atoms with E-state index in [9.17, 15) is 0 Å². The molecule has 0 aliphatic carbocycles. The molecule has 0 aliphatic heterocycles. The van der Waals surface area contributed by atoms with Crippen molar-refractivity contribution in [3.05, 3.63) is 11.4 Å². The highest BCUT2D eigenvalue weighted by Gasteiger charge is 1.96. The Balaban J connectivity index is -0.0000000519. The van der Waals surface area contributed by atoms with E-state index in [-0.39, 0.29) is 72.8 Å². The summed E-state index contributed by atoms with van der Waals surface area (Å²) in [4.78, 5) is 2.54. The monoisotopic (exact) mass is 986 g/mol. The summed E-state index contributed by atoms with van der Waals surface area (Å²) in [5.41, 5.74) is 20.7. The number of hydrogen-bond acceptors (Lipinski definition) is 16. The summed E-state index contributed by atoms with van der Waals surface area (Å²) in [6, 6.07) is 1.85. The smallest absolute Gasteiger partial charge is 0.355 e. The van der Waals surface area contributed by atoms with Crippen LogP contribution in [-0.4, -0.2) is 138 Å². The standard InChI is InChI=1S/C9H20O2.2C7H17NO2.C7H13NO2.C5H14N2O2.C2H3NO.2CH4.ClH.HI/c1-8(2)5-10-7-11-6-9(3)4;3*1-7(2)5-10-6-9-4-3-8;6-1-3-8-5-9-4-2-7;1-3-2-4;;;;/h8-9H,5-7H2,1-4H3;2*7H,3-6,8H2,1-2H3;7H,4-6H2,1-2H3;1-7H2;4H,2H2;2*1H4;2*1H/p+1. The van der Waals surface area contributed by atoms with Gasteiger partial charge in [0, 0.05) is 26.2 Å². The predicted octanol–water partition coefficient (Wildman–Crippen LogP) is 5.80. The van der Waals surface area contributed by atoms with Gasteiger partial charge in [-0.3, -0.25) is 4.85 Å². The molecule has 0 aromatic carbocycles. The van der Waals surface area contributed by atoms with Gasteiger partial charge in [0.05, 0.1) is 65.5 Å². The van der Waals surface area contributed by atoms with Crippen LogP contribution < -0.4 is 22.9 Å². The van der Waals surface area contributed by atoms with Crippen molar-refractivity contribution >= 4 is 36.4 Å². The third-order valence-corrected chi connectivity index (χ3v) is 4.38. The summed E-state index contributed by atoms with van der Waals surface area (Å²) < 4.78 is 50.2. The van der Waals surface area contributed by atoms with E-state index in [1.807, 2.05) is 6.07 Å². The fraction of sp³-hybridized carbons (Fsp3) is 0.949. The Morgan fingerprint density at radius 3 is 0.862 bits per heavy atom. The molecule has 0 amide bonds. The van der Waals surface area contributed by atoms with Crippen LogP contribution in [0.2, 0.25) is 0 Å². The van der Waals surface area contributed by atoms with E-state index >= 15 is 0 Å². The normalized spacial score (nSPS) is 9.48. The summed E-state index contributed by atoms with van der Waals surface area (Å²) in [6.45, 7) is 36.5. The van der Waals surface area contributed by atoms with Crippen LogP contribution in [0.25, 0.3) is 4.85 Å². The molecule has 0 heterocycles. The third-order valence-electron chi connectivity index (χ3n) is 4.38. The van der Waals surface area contributed by atoms with Crippen molar-refractivity contribution in [3.63, 3.8) is 0 Å². The average Bonchev–Trinajstić information content (AvgIpc) is 3.12. The van der Waals surface area contributed by atoms with Gasteiger partial charge in [-0.1, -0.05) is 84.1 Å². The number of nitriles is 1. The van der Waals surface area contributed by atoms with Crippen molar-refractivity contribution in [1.82, 2.24) is 0 Å². The summed E-state index contributed by atoms with van der Waals surface area (Å²) >= 11 is 0. The molecule has 9 N–H and O–H groups in total. The number of aliphatic hydroxyl groups is 1. The lowest BCUT2D eigenvalue weighted by Gasteiger charge is -2.08. The SMILES string of the molecule is C.C.CC(C)COCOCC#N.CC(C)COCOCC(C)C.CC(C)COCOCCN.CC(C)COCOCCN.Cl.I.NCCOCOCCN.[C-]#[N+]CO.[H+]. The van der Waals surface area contributed by atoms with Gasteiger partial charge in [-0.25, -0.2) is 6.57 Å². The maximum atomic E-state index is 8.04. The Bertz CT molecular complexity index is 689. The molecular formula is C39H95ClIN6O11+. The average molecular weight is 987 g/mol. The number of ether oxygens (including phenoxy) is 10. The minimum Gasteiger partial charge on any atom is -0.355 e. The Morgan fingerprint density at radius 1 is 0.500 bits per heavy atom. The molecule has 0 spiro atoms. The number of hydrogen-bond donors (Lipinski definition) is 5. The van der Waals surface area contributed by atoms with Gasteiger partial charge in [-0.05, 0) is 29.6 Å². The molecule has 0 aromatic heterocycles. The topological polar surface area (TPSA) is 245 Å². The van der Waals surface area contributed by atoms with Gasteiger partial charge in [0.2, 0.25) is 0 Å². The van der Waals surface area contributed by atoms with Crippen LogP contribution in [-0.2, 0) is 47.4 Å². The van der Waals surface area contributed by atoms with Gasteiger partial charge in [0.15, 0.2) is 0 Å². The molecule has 0 aromatic rings. The van der Waals surface area contributed by atoms with Gasteiger partial charge in [-0.2, -0.15) is 5.26 Å². The summed E-state index contributed by atoms with van der Waals surface area (Å²) in [5.74, 6) is 2.85. The highest BCUT2D eigenvalue weighted by Crippen LogP contribution is 1.96. The van der Waals surface area contributed by atoms with E-state index in [4.69, 9.17) is 87.2 Å². The largest absolute Gasteiger partial charge is 1.00 e. The summed E-state index contributed by atoms with van der Waals surface area (Å²) in [5, 5.41) is 15.6. The van der Waals surface area contributed by atoms with Crippen LogP contribution in [0.4, 0.5) is 0 Å². The van der Waals surface area contributed by atoms with E-state index in [2.05, 4.69) is 74.1 Å². The van der Waals surface area contributed by atoms with Crippen LogP contribution in [0.3, 0.4) is 0 Å². The van der Waals surface area contributed by atoms with Crippen LogP contribution in [0.15, 0.2) is 0 Å². The highest BCUT2D eigenvalue weighted by atomic mass is 127. The van der Waals surface area contributed by atoms with Crippen LogP contribution in [0, 0.1) is 47.5 Å². The minimum atomic E-state index is -0.389. The third kappa shape index (κ3) is 131. The number of halogens is 2. The lowest BCUT2D eigenvalue weighted by atomic mass is 10.2. The minimum absolute atomic E-state index is 0. The zero-order valence-electron chi connectivity index (χ0n) is 37.6. The van der Waals surface area contributed by atoms with Crippen molar-refractivity contribution in [2.24, 2.45) is 52.5 Å². The second kappa shape index (κ2) is 80.4. The Kier molecular flexibility index (Phi) is 113. The van der Waals surface area contributed by atoms with Crippen molar-refractivity contribution in [1.29, 1.82) is 5.26 Å². The second-order valence-electron chi connectivity index (χ2n) is 13.0. The first kappa shape index (κ1) is 81.3. The second-order valence-corrected chi connectivity index (χ2v) is 13.0. The number of aliphatic hydroxyl groups excluding tert-OH is 1. The van der Waals surface area contributed by atoms with Crippen LogP contribution >= 0.6 is 36.4 Å². The first-order valence-electron chi connectivity index (χ1n) is 18.7. The quantitative estimate of drug-likeness (QED) is 0.0257. The van der Waals surface area contributed by atoms with Gasteiger partial charge in [0.1, 0.15) is 40.6 Å². The maximum absolute atomic E-state index is 8.04. The fourth-order valence-electron chi connectivity index (χ4n) is 2.37. The van der Waals surface area contributed by atoms with Gasteiger partial charge in [-0.15, -0.1) is 36.4 Å². The van der Waals surface area contributed by atoms with E-state index < -0.39 is 0 Å². The molecule has 0 radical (unpaired) electrons. The number of rotatable bonds is 29. The van der Waals surface area contributed by atoms with Gasteiger partial charge >= 0.3 is 8.16 Å². The molecule has 0 unspecified atom stereocenters. The lowest BCUT2D eigenvalue weighted by molar-refractivity contribution is -0.0687. The molecular weight excluding hydrogens is 891 g/mol. The van der Waals surface area contributed by atoms with E-state index in [1.54, 1.807) is 0 Å². The van der Waals surface area contributed by atoms with Crippen molar-refractivity contribution < 1.29 is 53.9 Å². The fourth-order valence-corrected chi connectivity index (χ4v) is 2.37. The Morgan fingerprint density at radius 2 is 0.690 bits per heavy atom. The molecule has 0 bridgehead atoms. The van der Waals surface area contributed by atoms with Crippen LogP contribution in [0.1, 0.15) is 85.5 Å². The Labute approximate surface area is 381 Å². The molecule has 58 heavy (non-hydrogen) atoms. The summed E-state index contributed by atoms with van der Waals surface area (Å²) in [6.07, 6.45) is 0. The molecule has 0 fully saturated rings. The molecule has 19 heteroatoms. The number of nitrogens with two attached hydrogens (primary N) is 4. The Hall–Kier alpha value is -0.600. The van der Waals surface area contributed by atoms with Crippen molar-refractivity contribution in [2.45, 2.75) is 84.1 Å². The molecule has 360 valence electrons. The molecule has 0 atom stereocenters. The zero-order valence-corrected chi connectivity index (χ0v) is 39.7. The van der Waals surface area contributed by atoms with Crippen molar-refractivity contribution in [2.75, 3.05) is 133 Å². The van der Waals surface area contributed by atoms with Crippen LogP contribution in [0.5, 0.6) is 0 Å². The molecule has 0 saturated carbocycles. The van der Waals surface area contributed by atoms with E-state index in [1.165, 1.54) is 0 Å². The zero-order chi connectivity index (χ0) is 42.5. The lowest BCUT2D eigenvalue weighted by Crippen LogP contribution is -2.14. The first-order valence-corrected chi connectivity index (χ1v) is 18.7. The number of nitrogens with zero attached hydrogens (tertiary/aromatic N) is 2. The molecule has 17 nitrogen and oxygen atoms in total. The molecule has 0 aliphatic rings. The predicted molar refractivity (Wildman–Crippen MR) is 251 cm³/mol. The van der Waals surface area contributed by atoms with Gasteiger partial charge in [0.25, 0.3) is 0 Å². The summed E-state index contributed by atoms with van der Waals surface area (Å²) in [7, 11) is 0. The van der Waals surface area contributed by atoms with Gasteiger partial charge < -0.3 is 75.4 Å². The van der Waals surface area contributed by atoms with Crippen molar-refractivity contribution in [3.8, 4) is 6.07 Å². The van der Waals surface area contributed by atoms with E-state index in [0.717, 1.165) is 26.4 Å².